The average Bonchev–Trinajstić information content (AvgIpc) is 2.17. The van der Waals surface area contributed by atoms with E-state index in [9.17, 15) is 4.79 Å². The zero-order valence-corrected chi connectivity index (χ0v) is 11.9. The van der Waals surface area contributed by atoms with E-state index in [0.717, 1.165) is 11.8 Å². The molecule has 0 aromatic heterocycles. The van der Waals surface area contributed by atoms with Gasteiger partial charge in [-0.1, -0.05) is 62.9 Å². The molecular formula is C14H22OSi. The van der Waals surface area contributed by atoms with Crippen LogP contribution < -0.4 is 5.19 Å². The van der Waals surface area contributed by atoms with E-state index >= 15 is 0 Å². The summed E-state index contributed by atoms with van der Waals surface area (Å²) in [7, 11) is -1.22. The van der Waals surface area contributed by atoms with Crippen molar-refractivity contribution in [2.75, 3.05) is 0 Å². The number of carbonyl (C=O) groups is 1. The van der Waals surface area contributed by atoms with Crippen LogP contribution in [0.3, 0.4) is 0 Å². The predicted octanol–water partition coefficient (Wildman–Crippen LogP) is 3.17. The maximum atomic E-state index is 11.0. The Kier molecular flexibility index (Phi) is 4.08. The highest BCUT2D eigenvalue weighted by atomic mass is 28.3. The van der Waals surface area contributed by atoms with Gasteiger partial charge in [0.05, 0.1) is 8.07 Å². The molecule has 0 fully saturated rings. The Bertz CT molecular complexity index is 346. The number of carbonyl (C=O) groups excluding carboxylic acids is 1. The van der Waals surface area contributed by atoms with E-state index in [0.29, 0.717) is 5.92 Å². The molecule has 0 bridgehead atoms. The fourth-order valence-electron chi connectivity index (χ4n) is 1.83. The molecule has 1 nitrogen and oxygen atoms in total. The van der Waals surface area contributed by atoms with Crippen LogP contribution in [0.5, 0.6) is 0 Å². The van der Waals surface area contributed by atoms with Gasteiger partial charge in [-0.2, -0.15) is 0 Å². The maximum absolute atomic E-state index is 11.0. The van der Waals surface area contributed by atoms with E-state index in [-0.39, 0.29) is 5.92 Å². The van der Waals surface area contributed by atoms with Crippen molar-refractivity contribution in [1.29, 1.82) is 0 Å². The van der Waals surface area contributed by atoms with Gasteiger partial charge in [0.25, 0.3) is 0 Å². The molecule has 1 atom stereocenters. The van der Waals surface area contributed by atoms with Crippen molar-refractivity contribution in [2.45, 2.75) is 39.4 Å². The van der Waals surface area contributed by atoms with Crippen LogP contribution in [0, 0.1) is 5.92 Å². The minimum Gasteiger partial charge on any atom is -0.303 e. The van der Waals surface area contributed by atoms with Gasteiger partial charge >= 0.3 is 0 Å². The van der Waals surface area contributed by atoms with Crippen molar-refractivity contribution in [3.05, 3.63) is 29.8 Å². The molecule has 1 unspecified atom stereocenters. The summed E-state index contributed by atoms with van der Waals surface area (Å²) in [5.74, 6) is 0.408. The van der Waals surface area contributed by atoms with Crippen LogP contribution in [-0.4, -0.2) is 14.4 Å². The summed E-state index contributed by atoms with van der Waals surface area (Å²) in [6.45, 7) is 11.2. The highest BCUT2D eigenvalue weighted by Crippen LogP contribution is 2.21. The van der Waals surface area contributed by atoms with E-state index < -0.39 is 8.07 Å². The van der Waals surface area contributed by atoms with Gasteiger partial charge in [-0.3, -0.25) is 0 Å². The first kappa shape index (κ1) is 13.2. The Morgan fingerprint density at radius 1 is 1.06 bits per heavy atom. The Morgan fingerprint density at radius 2 is 1.56 bits per heavy atom. The number of benzene rings is 1. The molecule has 0 heterocycles. The van der Waals surface area contributed by atoms with Crippen molar-refractivity contribution >= 4 is 19.5 Å². The first-order valence-electron chi connectivity index (χ1n) is 5.92. The number of rotatable bonds is 4. The van der Waals surface area contributed by atoms with Gasteiger partial charge in [0.1, 0.15) is 6.29 Å². The van der Waals surface area contributed by atoms with Gasteiger partial charge in [-0.25, -0.2) is 0 Å². The molecule has 1 rings (SSSR count). The van der Waals surface area contributed by atoms with Gasteiger partial charge in [0.2, 0.25) is 0 Å². The summed E-state index contributed by atoms with van der Waals surface area (Å²) >= 11 is 0. The summed E-state index contributed by atoms with van der Waals surface area (Å²) in [6.07, 6.45) is 1.06. The monoisotopic (exact) mass is 234 g/mol. The Hall–Kier alpha value is -0.893. The summed E-state index contributed by atoms with van der Waals surface area (Å²) in [4.78, 5) is 11.0. The van der Waals surface area contributed by atoms with Crippen molar-refractivity contribution in [3.8, 4) is 0 Å². The third-order valence-electron chi connectivity index (χ3n) is 3.03. The molecule has 0 aliphatic carbocycles. The molecule has 0 aliphatic rings. The maximum Gasteiger partial charge on any atom is 0.127 e. The largest absolute Gasteiger partial charge is 0.303 e. The van der Waals surface area contributed by atoms with E-state index in [4.69, 9.17) is 0 Å². The molecule has 0 saturated heterocycles. The molecule has 0 spiro atoms. The molecule has 16 heavy (non-hydrogen) atoms. The van der Waals surface area contributed by atoms with Gasteiger partial charge in [-0.05, 0) is 11.5 Å². The number of hydrogen-bond acceptors (Lipinski definition) is 1. The van der Waals surface area contributed by atoms with E-state index in [1.54, 1.807) is 0 Å². The second-order valence-electron chi connectivity index (χ2n) is 5.78. The van der Waals surface area contributed by atoms with E-state index in [2.05, 4.69) is 57.8 Å². The first-order valence-corrected chi connectivity index (χ1v) is 9.42. The lowest BCUT2D eigenvalue weighted by molar-refractivity contribution is -0.109. The molecule has 88 valence electrons. The third kappa shape index (κ3) is 3.05. The van der Waals surface area contributed by atoms with Crippen LogP contribution in [0.15, 0.2) is 24.3 Å². The SMILES string of the molecule is CC(C)C(C=O)c1ccc([Si](C)(C)C)cc1. The van der Waals surface area contributed by atoms with Gasteiger partial charge in [-0.15, -0.1) is 0 Å². The highest BCUT2D eigenvalue weighted by molar-refractivity contribution is 6.88. The molecular weight excluding hydrogens is 212 g/mol. The lowest BCUT2D eigenvalue weighted by Gasteiger charge is -2.19. The van der Waals surface area contributed by atoms with Crippen LogP contribution in [-0.2, 0) is 4.79 Å². The smallest absolute Gasteiger partial charge is 0.127 e. The molecule has 0 saturated carbocycles. The quantitative estimate of drug-likeness (QED) is 0.578. The van der Waals surface area contributed by atoms with Crippen molar-refractivity contribution in [2.24, 2.45) is 5.92 Å². The number of aldehydes is 1. The summed E-state index contributed by atoms with van der Waals surface area (Å²) < 4.78 is 0. The van der Waals surface area contributed by atoms with Crippen LogP contribution in [0.4, 0.5) is 0 Å². The minimum atomic E-state index is -1.22. The highest BCUT2D eigenvalue weighted by Gasteiger charge is 2.18. The normalized spacial score (nSPS) is 13.9. The fraction of sp³-hybridized carbons (Fsp3) is 0.500. The zero-order valence-electron chi connectivity index (χ0n) is 10.9. The molecule has 0 N–H and O–H groups in total. The fourth-order valence-corrected chi connectivity index (χ4v) is 2.99. The lowest BCUT2D eigenvalue weighted by atomic mass is 9.90. The van der Waals surface area contributed by atoms with Crippen molar-refractivity contribution in [1.82, 2.24) is 0 Å². The number of hydrogen-bond donors (Lipinski definition) is 0. The minimum absolute atomic E-state index is 0.0377. The summed E-state index contributed by atoms with van der Waals surface area (Å²) in [6, 6.07) is 8.63. The first-order chi connectivity index (χ1) is 7.36. The third-order valence-corrected chi connectivity index (χ3v) is 5.09. The van der Waals surface area contributed by atoms with Crippen LogP contribution in [0.1, 0.15) is 25.3 Å². The Labute approximate surface area is 99.9 Å². The lowest BCUT2D eigenvalue weighted by Crippen LogP contribution is -2.37. The van der Waals surface area contributed by atoms with Crippen molar-refractivity contribution < 1.29 is 4.79 Å². The molecule has 1 aromatic rings. The van der Waals surface area contributed by atoms with Crippen LogP contribution >= 0.6 is 0 Å². The standard InChI is InChI=1S/C14H22OSi/c1-11(2)14(10-15)12-6-8-13(9-7-12)16(3,4)5/h6-11,14H,1-5H3. The Morgan fingerprint density at radius 3 is 1.88 bits per heavy atom. The van der Waals surface area contributed by atoms with Gasteiger partial charge in [0.15, 0.2) is 0 Å². The van der Waals surface area contributed by atoms with Crippen LogP contribution in [0.25, 0.3) is 0 Å². The van der Waals surface area contributed by atoms with Gasteiger partial charge in [0, 0.05) is 5.92 Å². The van der Waals surface area contributed by atoms with Crippen molar-refractivity contribution in [3.63, 3.8) is 0 Å². The molecule has 2 heteroatoms. The predicted molar refractivity (Wildman–Crippen MR) is 73.1 cm³/mol. The summed E-state index contributed by atoms with van der Waals surface area (Å²) in [5, 5.41) is 1.45. The topological polar surface area (TPSA) is 17.1 Å². The molecule has 0 radical (unpaired) electrons. The Balaban J connectivity index is 2.98. The van der Waals surface area contributed by atoms with Gasteiger partial charge < -0.3 is 4.79 Å². The average molecular weight is 234 g/mol. The van der Waals surface area contributed by atoms with E-state index in [1.807, 2.05) is 0 Å². The zero-order chi connectivity index (χ0) is 12.3. The summed E-state index contributed by atoms with van der Waals surface area (Å²) in [5.41, 5.74) is 1.15. The molecule has 0 amide bonds. The van der Waals surface area contributed by atoms with E-state index in [1.165, 1.54) is 5.19 Å². The second-order valence-corrected chi connectivity index (χ2v) is 10.9. The molecule has 0 aliphatic heterocycles. The second kappa shape index (κ2) is 4.96. The molecule has 1 aromatic carbocycles. The van der Waals surface area contributed by atoms with Crippen LogP contribution in [0.2, 0.25) is 19.6 Å².